The van der Waals surface area contributed by atoms with Crippen LogP contribution in [0.25, 0.3) is 0 Å². The summed E-state index contributed by atoms with van der Waals surface area (Å²) in [7, 11) is 0. The molecule has 0 saturated heterocycles. The quantitative estimate of drug-likeness (QED) is 0.183. The predicted molar refractivity (Wildman–Crippen MR) is 156 cm³/mol. The lowest BCUT2D eigenvalue weighted by atomic mass is 9.91. The van der Waals surface area contributed by atoms with Crippen molar-refractivity contribution in [3.63, 3.8) is 0 Å². The molecule has 0 aromatic heterocycles. The van der Waals surface area contributed by atoms with Crippen molar-refractivity contribution in [2.75, 3.05) is 0 Å². The van der Waals surface area contributed by atoms with E-state index in [4.69, 9.17) is 10.5 Å². The van der Waals surface area contributed by atoms with E-state index >= 15 is 0 Å². The van der Waals surface area contributed by atoms with Gasteiger partial charge in [0.05, 0.1) is 12.0 Å². The average Bonchev–Trinajstić information content (AvgIpc) is 2.98. The van der Waals surface area contributed by atoms with Gasteiger partial charge in [0.2, 0.25) is 11.8 Å². The molecule has 3 aromatic carbocycles. The van der Waals surface area contributed by atoms with Crippen LogP contribution in [0.15, 0.2) is 84.9 Å². The lowest BCUT2D eigenvalue weighted by molar-refractivity contribution is -0.149. The van der Waals surface area contributed by atoms with Crippen molar-refractivity contribution in [2.45, 2.75) is 51.4 Å². The smallest absolute Gasteiger partial charge is 0.329 e. The number of nitrogens with one attached hydrogen (secondary N) is 2. The zero-order valence-corrected chi connectivity index (χ0v) is 23.6. The Morgan fingerprint density at radius 3 is 1.86 bits per heavy atom. The molecular formula is C32H37N3O7. The van der Waals surface area contributed by atoms with E-state index in [1.54, 1.807) is 68.4 Å². The number of carboxylic acid groups (broad SMARTS) is 1. The normalized spacial score (nSPS) is 13.8. The first-order valence-corrected chi connectivity index (χ1v) is 13.7. The third-order valence-corrected chi connectivity index (χ3v) is 6.80. The van der Waals surface area contributed by atoms with E-state index in [2.05, 4.69) is 10.6 Å². The minimum absolute atomic E-state index is 0.00118. The van der Waals surface area contributed by atoms with Crippen molar-refractivity contribution in [1.82, 2.24) is 10.6 Å². The van der Waals surface area contributed by atoms with Gasteiger partial charge in [-0.1, -0.05) is 86.6 Å². The average molecular weight is 576 g/mol. The van der Waals surface area contributed by atoms with Crippen LogP contribution in [-0.2, 0) is 43.4 Å². The van der Waals surface area contributed by atoms with Crippen molar-refractivity contribution in [2.24, 2.45) is 17.6 Å². The van der Waals surface area contributed by atoms with Gasteiger partial charge in [-0.15, -0.1) is 0 Å². The van der Waals surface area contributed by atoms with Crippen molar-refractivity contribution in [1.29, 1.82) is 0 Å². The summed E-state index contributed by atoms with van der Waals surface area (Å²) in [6.07, 6.45) is 0.0986. The van der Waals surface area contributed by atoms with E-state index < -0.39 is 53.7 Å². The Bertz CT molecular complexity index is 1330. The highest BCUT2D eigenvalue weighted by atomic mass is 16.5. The van der Waals surface area contributed by atoms with E-state index in [1.165, 1.54) is 12.1 Å². The van der Waals surface area contributed by atoms with Crippen LogP contribution >= 0.6 is 0 Å². The van der Waals surface area contributed by atoms with Crippen LogP contribution in [0.1, 0.15) is 30.5 Å². The summed E-state index contributed by atoms with van der Waals surface area (Å²) in [6, 6.07) is 20.4. The molecule has 222 valence electrons. The third-order valence-electron chi connectivity index (χ3n) is 6.80. The number of ether oxygens (including phenoxy) is 1. The zero-order chi connectivity index (χ0) is 30.6. The number of esters is 1. The Hall–Kier alpha value is -4.70. The Morgan fingerprint density at radius 2 is 1.31 bits per heavy atom. The molecule has 0 spiro atoms. The minimum atomic E-state index is -1.43. The van der Waals surface area contributed by atoms with E-state index in [-0.39, 0.29) is 25.2 Å². The van der Waals surface area contributed by atoms with E-state index in [1.807, 2.05) is 18.2 Å². The first-order chi connectivity index (χ1) is 20.0. The molecule has 0 aliphatic rings. The molecule has 42 heavy (non-hydrogen) atoms. The highest BCUT2D eigenvalue weighted by Crippen LogP contribution is 2.15. The van der Waals surface area contributed by atoms with Crippen LogP contribution in [-0.4, -0.2) is 52.1 Å². The molecular weight excluding hydrogens is 538 g/mol. The van der Waals surface area contributed by atoms with Crippen molar-refractivity contribution in [3.8, 4) is 5.75 Å². The van der Waals surface area contributed by atoms with Crippen LogP contribution in [0, 0.1) is 11.8 Å². The molecule has 10 heteroatoms. The number of carbonyl (C=O) groups is 4. The van der Waals surface area contributed by atoms with Crippen LogP contribution in [0.5, 0.6) is 5.75 Å². The highest BCUT2D eigenvalue weighted by Gasteiger charge is 2.35. The second-order valence-corrected chi connectivity index (χ2v) is 10.4. The molecule has 3 aromatic rings. The van der Waals surface area contributed by atoms with Gasteiger partial charge in [0, 0.05) is 6.42 Å². The maximum atomic E-state index is 13.4. The topological polar surface area (TPSA) is 168 Å². The predicted octanol–water partition coefficient (Wildman–Crippen LogP) is 2.57. The molecule has 0 aliphatic heterocycles. The molecule has 0 saturated carbocycles. The standard InChI is InChI=1S/C32H37N3O7/c1-20(2)28(35-29(37)27(33)25(31(39)40)17-21-9-5-3-6-10-21)30(38)34-26(18-22-13-15-24(36)16-14-22)32(41)42-19-23-11-7-4-8-12-23/h3-16,20,25-28,36H,17-19,33H2,1-2H3,(H,34,38)(H,35,37)(H,39,40)/t25?,26-,27-,28-/m0/s1. The molecule has 2 amide bonds. The monoisotopic (exact) mass is 575 g/mol. The van der Waals surface area contributed by atoms with Gasteiger partial charge in [0.1, 0.15) is 24.4 Å². The summed E-state index contributed by atoms with van der Waals surface area (Å²) in [5.41, 5.74) is 8.23. The third kappa shape index (κ3) is 9.45. The Morgan fingerprint density at radius 1 is 0.762 bits per heavy atom. The summed E-state index contributed by atoms with van der Waals surface area (Å²) in [5, 5.41) is 24.7. The molecule has 0 radical (unpaired) electrons. The molecule has 6 N–H and O–H groups in total. The largest absolute Gasteiger partial charge is 0.508 e. The van der Waals surface area contributed by atoms with Crippen LogP contribution in [0.3, 0.4) is 0 Å². The Labute approximate surface area is 244 Å². The molecule has 0 aliphatic carbocycles. The fourth-order valence-electron chi connectivity index (χ4n) is 4.35. The van der Waals surface area contributed by atoms with Gasteiger partial charge in [-0.25, -0.2) is 4.79 Å². The first-order valence-electron chi connectivity index (χ1n) is 13.7. The fraction of sp³-hybridized carbons (Fsp3) is 0.312. The molecule has 10 nitrogen and oxygen atoms in total. The molecule has 0 bridgehead atoms. The van der Waals surface area contributed by atoms with Gasteiger partial charge in [0.15, 0.2) is 0 Å². The number of nitrogens with two attached hydrogens (primary N) is 1. The highest BCUT2D eigenvalue weighted by molar-refractivity contribution is 5.94. The molecule has 0 fully saturated rings. The number of phenolic OH excluding ortho intramolecular Hbond substituents is 1. The lowest BCUT2D eigenvalue weighted by Gasteiger charge is -2.27. The summed E-state index contributed by atoms with van der Waals surface area (Å²) >= 11 is 0. The number of benzene rings is 3. The fourth-order valence-corrected chi connectivity index (χ4v) is 4.35. The molecule has 1 unspecified atom stereocenters. The van der Waals surface area contributed by atoms with Gasteiger partial charge < -0.3 is 31.3 Å². The summed E-state index contributed by atoms with van der Waals surface area (Å²) < 4.78 is 5.49. The summed E-state index contributed by atoms with van der Waals surface area (Å²) in [5.74, 6) is -4.96. The number of aliphatic carboxylic acids is 1. The van der Waals surface area contributed by atoms with Crippen LogP contribution < -0.4 is 16.4 Å². The Balaban J connectivity index is 1.73. The maximum absolute atomic E-state index is 13.4. The van der Waals surface area contributed by atoms with E-state index in [9.17, 15) is 29.4 Å². The minimum Gasteiger partial charge on any atom is -0.508 e. The summed E-state index contributed by atoms with van der Waals surface area (Å²) in [6.45, 7) is 3.41. The lowest BCUT2D eigenvalue weighted by Crippen LogP contribution is -2.58. The number of carbonyl (C=O) groups excluding carboxylic acids is 3. The molecule has 0 heterocycles. The number of aromatic hydroxyl groups is 1. The first kappa shape index (κ1) is 31.8. The van der Waals surface area contributed by atoms with E-state index in [0.717, 1.165) is 5.56 Å². The van der Waals surface area contributed by atoms with Crippen LogP contribution in [0.2, 0.25) is 0 Å². The van der Waals surface area contributed by atoms with Gasteiger partial charge in [-0.05, 0) is 41.2 Å². The number of amides is 2. The number of rotatable bonds is 14. The second kappa shape index (κ2) is 15.3. The maximum Gasteiger partial charge on any atom is 0.329 e. The van der Waals surface area contributed by atoms with Crippen molar-refractivity contribution < 1.29 is 34.1 Å². The number of hydrogen-bond donors (Lipinski definition) is 5. The van der Waals surface area contributed by atoms with Crippen molar-refractivity contribution >= 4 is 23.8 Å². The molecule has 4 atom stereocenters. The van der Waals surface area contributed by atoms with Crippen molar-refractivity contribution in [3.05, 3.63) is 102 Å². The SMILES string of the molecule is CC(C)[C@H](NC(=O)[C@@H](N)C(Cc1ccccc1)C(=O)O)C(=O)N[C@@H](Cc1ccc(O)cc1)C(=O)OCc1ccccc1. The van der Waals surface area contributed by atoms with Crippen LogP contribution in [0.4, 0.5) is 0 Å². The second-order valence-electron chi connectivity index (χ2n) is 10.4. The van der Waals surface area contributed by atoms with Gasteiger partial charge in [-0.3, -0.25) is 14.4 Å². The number of phenols is 1. The Kier molecular flexibility index (Phi) is 11.6. The van der Waals surface area contributed by atoms with E-state index in [0.29, 0.717) is 11.1 Å². The van der Waals surface area contributed by atoms with Gasteiger partial charge in [-0.2, -0.15) is 0 Å². The summed E-state index contributed by atoms with van der Waals surface area (Å²) in [4.78, 5) is 51.6. The zero-order valence-electron chi connectivity index (χ0n) is 23.6. The number of carboxylic acids is 1. The number of hydrogen-bond acceptors (Lipinski definition) is 7. The molecule has 3 rings (SSSR count). The van der Waals surface area contributed by atoms with Gasteiger partial charge >= 0.3 is 11.9 Å². The van der Waals surface area contributed by atoms with Gasteiger partial charge in [0.25, 0.3) is 0 Å².